The number of carboxylic acids is 2. The zero-order chi connectivity index (χ0) is 18.1. The summed E-state index contributed by atoms with van der Waals surface area (Å²) >= 11 is 0. The van der Waals surface area contributed by atoms with Crippen molar-refractivity contribution in [3.8, 4) is 0 Å². The maximum atomic E-state index is 9.90. The molecule has 0 saturated carbocycles. The molecule has 0 rings (SSSR count). The summed E-state index contributed by atoms with van der Waals surface area (Å²) in [6.45, 7) is 14.8. The van der Waals surface area contributed by atoms with E-state index in [-0.39, 0.29) is 12.8 Å². The first-order valence-electron chi connectivity index (χ1n) is 9.16. The van der Waals surface area contributed by atoms with Crippen molar-refractivity contribution in [1.29, 1.82) is 0 Å². The Hall–Kier alpha value is -1.10. The number of rotatable bonds is 13. The van der Waals surface area contributed by atoms with Crippen LogP contribution in [0.5, 0.6) is 0 Å². The van der Waals surface area contributed by atoms with Gasteiger partial charge in [-0.2, -0.15) is 0 Å². The lowest BCUT2D eigenvalue weighted by atomic mass is 10.2. The summed E-state index contributed by atoms with van der Waals surface area (Å²) in [7, 11) is 0. The van der Waals surface area contributed by atoms with Crippen molar-refractivity contribution in [3.63, 3.8) is 0 Å². The summed E-state index contributed by atoms with van der Waals surface area (Å²) in [5.41, 5.74) is 0. The Bertz CT molecular complexity index is 260. The summed E-state index contributed by atoms with van der Waals surface area (Å²) in [4.78, 5) is 19.8. The summed E-state index contributed by atoms with van der Waals surface area (Å²) in [5, 5.41) is 16.3. The molecule has 0 atom stereocenters. The number of carboxylic acid groups (broad SMARTS) is 2. The molecule has 0 amide bonds. The standard InChI is InChI=1S/C12H28N.C6H10O4/c1-5-9-13(10-6-2,11-7-3)12-8-4;7-5(8)3-1-2-4-6(9)10/h5-12H2,1-4H3;1-4H2,(H,7,8)(H,9,10)/q+1;. The van der Waals surface area contributed by atoms with Crippen LogP contribution in [0.25, 0.3) is 0 Å². The molecule has 138 valence electrons. The highest BCUT2D eigenvalue weighted by atomic mass is 16.4. The smallest absolute Gasteiger partial charge is 0.303 e. The van der Waals surface area contributed by atoms with E-state index >= 15 is 0 Å². The highest BCUT2D eigenvalue weighted by molar-refractivity contribution is 5.67. The Morgan fingerprint density at radius 2 is 0.913 bits per heavy atom. The predicted molar refractivity (Wildman–Crippen MR) is 94.6 cm³/mol. The lowest BCUT2D eigenvalue weighted by molar-refractivity contribution is -0.928. The van der Waals surface area contributed by atoms with Gasteiger partial charge < -0.3 is 14.7 Å². The van der Waals surface area contributed by atoms with Crippen molar-refractivity contribution in [3.05, 3.63) is 0 Å². The van der Waals surface area contributed by atoms with Crippen molar-refractivity contribution in [1.82, 2.24) is 0 Å². The van der Waals surface area contributed by atoms with Crippen LogP contribution in [0.15, 0.2) is 0 Å². The van der Waals surface area contributed by atoms with E-state index in [1.165, 1.54) is 56.3 Å². The molecule has 5 heteroatoms. The predicted octanol–water partition coefficient (Wildman–Crippen LogP) is 4.16. The SMILES string of the molecule is CCC[N+](CCC)(CCC)CCC.O=C(O)CCCCC(=O)O. The maximum absolute atomic E-state index is 9.90. The molecule has 0 fully saturated rings. The third kappa shape index (κ3) is 15.6. The second-order valence-corrected chi connectivity index (χ2v) is 6.23. The molecule has 0 aromatic rings. The summed E-state index contributed by atoms with van der Waals surface area (Å²) in [6.07, 6.45) is 6.35. The first-order chi connectivity index (χ1) is 10.9. The van der Waals surface area contributed by atoms with Crippen LogP contribution in [0, 0.1) is 0 Å². The molecule has 23 heavy (non-hydrogen) atoms. The fourth-order valence-corrected chi connectivity index (χ4v) is 3.12. The van der Waals surface area contributed by atoms with E-state index in [0.717, 1.165) is 0 Å². The molecular weight excluding hydrogens is 294 g/mol. The number of carbonyl (C=O) groups is 2. The van der Waals surface area contributed by atoms with Gasteiger partial charge in [0.25, 0.3) is 0 Å². The van der Waals surface area contributed by atoms with Gasteiger partial charge >= 0.3 is 11.9 Å². The zero-order valence-corrected chi connectivity index (χ0v) is 15.6. The molecule has 0 aliphatic rings. The second-order valence-electron chi connectivity index (χ2n) is 6.23. The molecule has 0 spiro atoms. The molecule has 0 radical (unpaired) electrons. The zero-order valence-electron chi connectivity index (χ0n) is 15.6. The van der Waals surface area contributed by atoms with Gasteiger partial charge in [0.1, 0.15) is 0 Å². The lowest BCUT2D eigenvalue weighted by Crippen LogP contribution is -2.50. The average molecular weight is 333 g/mol. The van der Waals surface area contributed by atoms with E-state index in [1.807, 2.05) is 0 Å². The van der Waals surface area contributed by atoms with E-state index in [1.54, 1.807) is 0 Å². The van der Waals surface area contributed by atoms with Gasteiger partial charge in [0.15, 0.2) is 0 Å². The molecule has 5 nitrogen and oxygen atoms in total. The van der Waals surface area contributed by atoms with Crippen molar-refractivity contribution >= 4 is 11.9 Å². The minimum Gasteiger partial charge on any atom is -0.481 e. The number of unbranched alkanes of at least 4 members (excludes halogenated alkanes) is 1. The summed E-state index contributed by atoms with van der Waals surface area (Å²) in [5.74, 6) is -1.74. The first-order valence-corrected chi connectivity index (χ1v) is 9.16. The normalized spacial score (nSPS) is 10.8. The van der Waals surface area contributed by atoms with E-state index < -0.39 is 11.9 Å². The summed E-state index contributed by atoms with van der Waals surface area (Å²) < 4.78 is 1.38. The van der Waals surface area contributed by atoms with E-state index in [2.05, 4.69) is 27.7 Å². The quantitative estimate of drug-likeness (QED) is 0.392. The monoisotopic (exact) mass is 332 g/mol. The van der Waals surface area contributed by atoms with Crippen LogP contribution in [0.2, 0.25) is 0 Å². The average Bonchev–Trinajstić information content (AvgIpc) is 2.45. The second kappa shape index (κ2) is 15.8. The van der Waals surface area contributed by atoms with Crippen molar-refractivity contribution < 1.29 is 24.3 Å². The van der Waals surface area contributed by atoms with Crippen molar-refractivity contribution in [2.75, 3.05) is 26.2 Å². The van der Waals surface area contributed by atoms with Gasteiger partial charge in [-0.3, -0.25) is 9.59 Å². The van der Waals surface area contributed by atoms with Crippen LogP contribution in [0.4, 0.5) is 0 Å². The number of quaternary nitrogens is 1. The van der Waals surface area contributed by atoms with E-state index in [0.29, 0.717) is 12.8 Å². The van der Waals surface area contributed by atoms with Gasteiger partial charge in [0.05, 0.1) is 26.2 Å². The largest absolute Gasteiger partial charge is 0.481 e. The van der Waals surface area contributed by atoms with E-state index in [9.17, 15) is 9.59 Å². The van der Waals surface area contributed by atoms with Crippen molar-refractivity contribution in [2.45, 2.75) is 79.1 Å². The number of nitrogens with zero attached hydrogens (tertiary/aromatic N) is 1. The molecule has 0 bridgehead atoms. The third-order valence-corrected chi connectivity index (χ3v) is 3.82. The molecular formula is C18H38NO4+. The molecule has 0 aromatic heterocycles. The van der Waals surface area contributed by atoms with Crippen LogP contribution in [-0.4, -0.2) is 52.8 Å². The Morgan fingerprint density at radius 3 is 1.09 bits per heavy atom. The Kier molecular flexibility index (Phi) is 16.6. The third-order valence-electron chi connectivity index (χ3n) is 3.82. The van der Waals surface area contributed by atoms with Crippen LogP contribution in [0.1, 0.15) is 79.1 Å². The molecule has 0 saturated heterocycles. The first kappa shape index (κ1) is 24.2. The van der Waals surface area contributed by atoms with Crippen molar-refractivity contribution in [2.24, 2.45) is 0 Å². The maximum Gasteiger partial charge on any atom is 0.303 e. The molecule has 2 N–H and O–H groups in total. The van der Waals surface area contributed by atoms with Gasteiger partial charge in [-0.05, 0) is 38.5 Å². The topological polar surface area (TPSA) is 74.6 Å². The molecule has 0 heterocycles. The van der Waals surface area contributed by atoms with Crippen LogP contribution in [0.3, 0.4) is 0 Å². The van der Waals surface area contributed by atoms with Gasteiger partial charge in [-0.25, -0.2) is 0 Å². The Labute approximate surface area is 142 Å². The van der Waals surface area contributed by atoms with Crippen LogP contribution in [-0.2, 0) is 9.59 Å². The van der Waals surface area contributed by atoms with Gasteiger partial charge in [-0.1, -0.05) is 27.7 Å². The Balaban J connectivity index is 0. The molecule has 0 unspecified atom stereocenters. The molecule has 0 aliphatic heterocycles. The number of hydrogen-bond donors (Lipinski definition) is 2. The molecule has 0 aromatic carbocycles. The number of aliphatic carboxylic acids is 2. The highest BCUT2D eigenvalue weighted by Crippen LogP contribution is 2.12. The van der Waals surface area contributed by atoms with Crippen LogP contribution < -0.4 is 0 Å². The minimum atomic E-state index is -0.870. The lowest BCUT2D eigenvalue weighted by Gasteiger charge is -2.38. The Morgan fingerprint density at radius 1 is 0.652 bits per heavy atom. The minimum absolute atomic E-state index is 0.0628. The fraction of sp³-hybridized carbons (Fsp3) is 0.889. The van der Waals surface area contributed by atoms with E-state index in [4.69, 9.17) is 10.2 Å². The van der Waals surface area contributed by atoms with Crippen LogP contribution >= 0.6 is 0 Å². The fourth-order valence-electron chi connectivity index (χ4n) is 3.12. The highest BCUT2D eigenvalue weighted by Gasteiger charge is 2.22. The van der Waals surface area contributed by atoms with Gasteiger partial charge in [0.2, 0.25) is 0 Å². The number of hydrogen-bond acceptors (Lipinski definition) is 2. The molecule has 0 aliphatic carbocycles. The van der Waals surface area contributed by atoms with Gasteiger partial charge in [-0.15, -0.1) is 0 Å². The summed E-state index contributed by atoms with van der Waals surface area (Å²) in [6, 6.07) is 0. The van der Waals surface area contributed by atoms with Gasteiger partial charge in [0, 0.05) is 12.8 Å².